The van der Waals surface area contributed by atoms with Crippen LogP contribution in [-0.2, 0) is 30.6 Å². The molecule has 220 valence electrons. The highest BCUT2D eigenvalue weighted by molar-refractivity contribution is 7.92. The van der Waals surface area contributed by atoms with Gasteiger partial charge in [-0.1, -0.05) is 29.3 Å². The molecule has 0 aliphatic carbocycles. The average molecular weight is 643 g/mol. The Morgan fingerprint density at radius 2 is 1.61 bits per heavy atom. The zero-order chi connectivity index (χ0) is 29.8. The Kier molecular flexibility index (Phi) is 9.70. The molecule has 3 aromatic rings. The molecule has 14 heteroatoms. The minimum atomic E-state index is -3.96. The Bertz CT molecular complexity index is 1630. The van der Waals surface area contributed by atoms with Gasteiger partial charge >= 0.3 is 0 Å². The Balaban J connectivity index is 1.34. The van der Waals surface area contributed by atoms with Crippen LogP contribution < -0.4 is 19.5 Å². The Labute approximate surface area is 249 Å². The van der Waals surface area contributed by atoms with Gasteiger partial charge in [0.2, 0.25) is 15.9 Å². The lowest BCUT2D eigenvalue weighted by atomic mass is 9.97. The van der Waals surface area contributed by atoms with Gasteiger partial charge in [0.05, 0.1) is 30.6 Å². The van der Waals surface area contributed by atoms with Gasteiger partial charge in [-0.25, -0.2) is 21.1 Å². The summed E-state index contributed by atoms with van der Waals surface area (Å²) < 4.78 is 66.0. The summed E-state index contributed by atoms with van der Waals surface area (Å²) in [4.78, 5) is 12.9. The lowest BCUT2D eigenvalue weighted by Crippen LogP contribution is -2.41. The fraction of sp³-hybridized carbons (Fsp3) is 0.296. The van der Waals surface area contributed by atoms with Gasteiger partial charge in [-0.05, 0) is 66.9 Å². The topological polar surface area (TPSA) is 131 Å². The largest absolute Gasteiger partial charge is 0.497 e. The monoisotopic (exact) mass is 641 g/mol. The van der Waals surface area contributed by atoms with Gasteiger partial charge < -0.3 is 14.8 Å². The Hall–Kier alpha value is -3.03. The number of carbonyl (C=O) groups is 1. The normalized spacial score (nSPS) is 14.8. The van der Waals surface area contributed by atoms with Gasteiger partial charge in [-0.2, -0.15) is 0 Å². The molecule has 3 aromatic carbocycles. The number of sulfonamides is 2. The number of hydrogen-bond acceptors (Lipinski definition) is 7. The van der Waals surface area contributed by atoms with Crippen molar-refractivity contribution < 1.29 is 31.1 Å². The van der Waals surface area contributed by atoms with Crippen molar-refractivity contribution >= 4 is 60.5 Å². The summed E-state index contributed by atoms with van der Waals surface area (Å²) in [6.45, 7) is 0.393. The number of benzene rings is 3. The van der Waals surface area contributed by atoms with Crippen LogP contribution in [0.2, 0.25) is 10.0 Å². The fourth-order valence-corrected chi connectivity index (χ4v) is 7.59. The number of ether oxygens (including phenoxy) is 2. The minimum Gasteiger partial charge on any atom is -0.497 e. The first kappa shape index (κ1) is 30.9. The first-order chi connectivity index (χ1) is 19.4. The second kappa shape index (κ2) is 12.9. The standard InChI is InChI=1S/C27H29Cl2N3O7S2/c1-38-22-7-10-26(39-2)25(16-22)31-41(36,37)23-8-5-21(6-9-23)30-27(33)18-11-13-32(14-12-18)40(34,35)17-19-3-4-20(28)15-24(19)29/h3-10,15-16,18,31H,11-14,17H2,1-2H3,(H,30,33). The van der Waals surface area contributed by atoms with Crippen LogP contribution in [0, 0.1) is 5.92 Å². The highest BCUT2D eigenvalue weighted by Gasteiger charge is 2.31. The molecular weight excluding hydrogens is 613 g/mol. The lowest BCUT2D eigenvalue weighted by Gasteiger charge is -2.30. The van der Waals surface area contributed by atoms with Crippen LogP contribution in [0.1, 0.15) is 18.4 Å². The lowest BCUT2D eigenvalue weighted by molar-refractivity contribution is -0.120. The van der Waals surface area contributed by atoms with E-state index in [1.807, 2.05) is 0 Å². The highest BCUT2D eigenvalue weighted by Crippen LogP contribution is 2.31. The molecule has 4 rings (SSSR count). The van der Waals surface area contributed by atoms with Crippen LogP contribution in [0.15, 0.2) is 65.6 Å². The number of hydrogen-bond donors (Lipinski definition) is 2. The van der Waals surface area contributed by atoms with Gasteiger partial charge in [0.15, 0.2) is 0 Å². The Morgan fingerprint density at radius 1 is 0.927 bits per heavy atom. The van der Waals surface area contributed by atoms with E-state index in [9.17, 15) is 21.6 Å². The van der Waals surface area contributed by atoms with E-state index >= 15 is 0 Å². The number of anilines is 2. The second-order valence-electron chi connectivity index (χ2n) is 9.35. The van der Waals surface area contributed by atoms with Crippen molar-refractivity contribution in [3.05, 3.63) is 76.3 Å². The van der Waals surface area contributed by atoms with E-state index in [1.54, 1.807) is 24.3 Å². The summed E-state index contributed by atoms with van der Waals surface area (Å²) >= 11 is 12.0. The van der Waals surface area contributed by atoms with Gasteiger partial charge in [-0.3, -0.25) is 9.52 Å². The fourth-order valence-electron chi connectivity index (χ4n) is 4.38. The molecule has 1 saturated heterocycles. The van der Waals surface area contributed by atoms with Crippen LogP contribution in [0.3, 0.4) is 0 Å². The molecular formula is C27H29Cl2N3O7S2. The van der Waals surface area contributed by atoms with Gasteiger partial charge in [-0.15, -0.1) is 0 Å². The molecule has 1 fully saturated rings. The maximum Gasteiger partial charge on any atom is 0.262 e. The maximum absolute atomic E-state index is 12.9. The smallest absolute Gasteiger partial charge is 0.262 e. The van der Waals surface area contributed by atoms with E-state index in [-0.39, 0.29) is 40.4 Å². The summed E-state index contributed by atoms with van der Waals surface area (Å²) in [5, 5.41) is 3.49. The number of amides is 1. The van der Waals surface area contributed by atoms with Crippen molar-refractivity contribution in [2.75, 3.05) is 37.3 Å². The third kappa shape index (κ3) is 7.63. The molecule has 0 aromatic heterocycles. The number of rotatable bonds is 10. The molecule has 0 unspecified atom stereocenters. The molecule has 41 heavy (non-hydrogen) atoms. The minimum absolute atomic E-state index is 0.0142. The van der Waals surface area contributed by atoms with E-state index < -0.39 is 26.0 Å². The third-order valence-electron chi connectivity index (χ3n) is 6.65. The van der Waals surface area contributed by atoms with Crippen LogP contribution >= 0.6 is 23.2 Å². The van der Waals surface area contributed by atoms with Crippen molar-refractivity contribution in [1.29, 1.82) is 0 Å². The SMILES string of the molecule is COc1ccc(OC)c(NS(=O)(=O)c2ccc(NC(=O)C3CCN(S(=O)(=O)Cc4ccc(Cl)cc4Cl)CC3)cc2)c1. The van der Waals surface area contributed by atoms with Crippen LogP contribution in [-0.4, -0.2) is 54.4 Å². The van der Waals surface area contributed by atoms with E-state index in [1.165, 1.54) is 54.9 Å². The first-order valence-electron chi connectivity index (χ1n) is 12.5. The number of halogens is 2. The van der Waals surface area contributed by atoms with Crippen LogP contribution in [0.25, 0.3) is 0 Å². The summed E-state index contributed by atoms with van der Waals surface area (Å²) in [7, 11) is -4.70. The van der Waals surface area contributed by atoms with Crippen molar-refractivity contribution in [3.8, 4) is 11.5 Å². The molecule has 2 N–H and O–H groups in total. The molecule has 1 heterocycles. The summed E-state index contributed by atoms with van der Waals surface area (Å²) in [6.07, 6.45) is 0.691. The van der Waals surface area contributed by atoms with Crippen LogP contribution in [0.5, 0.6) is 11.5 Å². The summed E-state index contributed by atoms with van der Waals surface area (Å²) in [5.74, 6) is -0.139. The van der Waals surface area contributed by atoms with Gasteiger partial charge in [0, 0.05) is 40.8 Å². The quantitative estimate of drug-likeness (QED) is 0.319. The number of nitrogens with zero attached hydrogens (tertiary/aromatic N) is 1. The first-order valence-corrected chi connectivity index (χ1v) is 16.3. The van der Waals surface area contributed by atoms with Gasteiger partial charge in [0.1, 0.15) is 11.5 Å². The molecule has 1 amide bonds. The molecule has 0 bridgehead atoms. The molecule has 0 saturated carbocycles. The molecule has 0 radical (unpaired) electrons. The molecule has 1 aliphatic heterocycles. The number of carbonyl (C=O) groups excluding carboxylic acids is 1. The van der Waals surface area contributed by atoms with E-state index in [4.69, 9.17) is 32.7 Å². The van der Waals surface area contributed by atoms with Crippen molar-refractivity contribution in [1.82, 2.24) is 4.31 Å². The zero-order valence-corrected chi connectivity index (χ0v) is 25.4. The third-order valence-corrected chi connectivity index (χ3v) is 10.5. The predicted octanol–water partition coefficient (Wildman–Crippen LogP) is 4.99. The number of methoxy groups -OCH3 is 2. The average Bonchev–Trinajstić information content (AvgIpc) is 2.94. The number of piperidine rings is 1. The molecule has 0 spiro atoms. The zero-order valence-electron chi connectivity index (χ0n) is 22.3. The van der Waals surface area contributed by atoms with Crippen LogP contribution in [0.4, 0.5) is 11.4 Å². The summed E-state index contributed by atoms with van der Waals surface area (Å²) in [5.41, 5.74) is 1.09. The Morgan fingerprint density at radius 3 is 2.22 bits per heavy atom. The van der Waals surface area contributed by atoms with Crippen molar-refractivity contribution in [2.24, 2.45) is 5.92 Å². The van der Waals surface area contributed by atoms with Crippen molar-refractivity contribution in [3.63, 3.8) is 0 Å². The maximum atomic E-state index is 12.9. The predicted molar refractivity (Wildman–Crippen MR) is 159 cm³/mol. The number of nitrogens with one attached hydrogen (secondary N) is 2. The van der Waals surface area contributed by atoms with Gasteiger partial charge in [0.25, 0.3) is 10.0 Å². The van der Waals surface area contributed by atoms with E-state index in [0.29, 0.717) is 40.6 Å². The molecule has 1 aliphatic rings. The second-order valence-corrected chi connectivity index (χ2v) is 13.8. The summed E-state index contributed by atoms with van der Waals surface area (Å²) in [6, 6.07) is 15.2. The van der Waals surface area contributed by atoms with E-state index in [0.717, 1.165) is 0 Å². The highest BCUT2D eigenvalue weighted by atomic mass is 35.5. The molecule has 0 atom stereocenters. The van der Waals surface area contributed by atoms with Crippen molar-refractivity contribution in [2.45, 2.75) is 23.5 Å². The molecule has 10 nitrogen and oxygen atoms in total. The van der Waals surface area contributed by atoms with E-state index in [2.05, 4.69) is 10.0 Å².